The molecule has 0 spiro atoms. The molecule has 0 radical (unpaired) electrons. The molecular formula is C18H18BrClN2O2. The topological polar surface area (TPSA) is 50.4 Å². The Morgan fingerprint density at radius 3 is 2.83 bits per heavy atom. The van der Waals surface area contributed by atoms with Crippen LogP contribution in [0, 0.1) is 0 Å². The van der Waals surface area contributed by atoms with Gasteiger partial charge in [0.15, 0.2) is 0 Å². The van der Waals surface area contributed by atoms with Gasteiger partial charge in [-0.15, -0.1) is 0 Å². The van der Waals surface area contributed by atoms with Crippen LogP contribution >= 0.6 is 27.5 Å². The number of amides is 2. The van der Waals surface area contributed by atoms with E-state index < -0.39 is 0 Å². The molecule has 0 fully saturated rings. The second kappa shape index (κ2) is 6.65. The summed E-state index contributed by atoms with van der Waals surface area (Å²) >= 11 is 9.42. The van der Waals surface area contributed by atoms with Gasteiger partial charge in [-0.2, -0.15) is 0 Å². The summed E-state index contributed by atoms with van der Waals surface area (Å²) in [6.07, 6.45) is 0.680. The third-order valence-electron chi connectivity index (χ3n) is 3.82. The zero-order chi connectivity index (χ0) is 17.3. The molecule has 0 unspecified atom stereocenters. The van der Waals surface area contributed by atoms with Gasteiger partial charge in [-0.05, 0) is 50.2 Å². The lowest BCUT2D eigenvalue weighted by Crippen LogP contribution is -2.42. The monoisotopic (exact) mass is 408 g/mol. The molecule has 0 saturated carbocycles. The number of rotatable bonds is 2. The summed E-state index contributed by atoms with van der Waals surface area (Å²) in [6.45, 7) is 4.03. The minimum absolute atomic E-state index is 0.138. The average molecular weight is 410 g/mol. The predicted molar refractivity (Wildman–Crippen MR) is 99.8 cm³/mol. The van der Waals surface area contributed by atoms with Gasteiger partial charge in [0, 0.05) is 27.2 Å². The molecule has 1 aliphatic rings. The predicted octanol–water partition coefficient (Wildman–Crippen LogP) is 5.53. The van der Waals surface area contributed by atoms with Gasteiger partial charge < -0.3 is 15.4 Å². The number of fused-ring (bicyclic) bond motifs is 1. The SMILES string of the molecule is CC1(C)C[C@@H](NC(=O)Nc2cccc(Cl)c2)c2cc(Br)ccc2O1. The fraction of sp³-hybridized carbons (Fsp3) is 0.278. The lowest BCUT2D eigenvalue weighted by atomic mass is 9.90. The van der Waals surface area contributed by atoms with Gasteiger partial charge in [-0.3, -0.25) is 0 Å². The van der Waals surface area contributed by atoms with E-state index in [1.54, 1.807) is 24.3 Å². The molecule has 3 rings (SSSR count). The van der Waals surface area contributed by atoms with Crippen LogP contribution < -0.4 is 15.4 Å². The minimum atomic E-state index is -0.352. The van der Waals surface area contributed by atoms with E-state index in [2.05, 4.69) is 26.6 Å². The number of nitrogens with one attached hydrogen (secondary N) is 2. The minimum Gasteiger partial charge on any atom is -0.487 e. The van der Waals surface area contributed by atoms with Crippen LogP contribution in [0.15, 0.2) is 46.9 Å². The van der Waals surface area contributed by atoms with Crippen LogP contribution in [0.3, 0.4) is 0 Å². The first kappa shape index (κ1) is 17.1. The van der Waals surface area contributed by atoms with Gasteiger partial charge in [-0.1, -0.05) is 33.6 Å². The lowest BCUT2D eigenvalue weighted by molar-refractivity contribution is 0.0682. The summed E-state index contributed by atoms with van der Waals surface area (Å²) in [5.41, 5.74) is 1.26. The van der Waals surface area contributed by atoms with Crippen molar-refractivity contribution in [3.8, 4) is 5.75 Å². The molecule has 0 aliphatic carbocycles. The van der Waals surface area contributed by atoms with Gasteiger partial charge >= 0.3 is 6.03 Å². The Labute approximate surface area is 154 Å². The van der Waals surface area contributed by atoms with Crippen molar-refractivity contribution in [1.29, 1.82) is 0 Å². The molecule has 6 heteroatoms. The Morgan fingerprint density at radius 2 is 2.08 bits per heavy atom. The summed E-state index contributed by atoms with van der Waals surface area (Å²) in [5.74, 6) is 0.794. The van der Waals surface area contributed by atoms with E-state index >= 15 is 0 Å². The van der Waals surface area contributed by atoms with Crippen molar-refractivity contribution in [2.24, 2.45) is 0 Å². The van der Waals surface area contributed by atoms with Gasteiger partial charge in [0.2, 0.25) is 0 Å². The molecule has 1 atom stereocenters. The van der Waals surface area contributed by atoms with Crippen molar-refractivity contribution in [2.45, 2.75) is 31.9 Å². The molecule has 1 aliphatic heterocycles. The van der Waals surface area contributed by atoms with Crippen LogP contribution in [0.5, 0.6) is 5.75 Å². The van der Waals surface area contributed by atoms with E-state index in [1.165, 1.54) is 0 Å². The highest BCUT2D eigenvalue weighted by atomic mass is 79.9. The second-order valence-electron chi connectivity index (χ2n) is 6.41. The molecule has 0 saturated heterocycles. The van der Waals surface area contributed by atoms with Gasteiger partial charge in [-0.25, -0.2) is 4.79 Å². The van der Waals surface area contributed by atoms with E-state index in [0.717, 1.165) is 15.8 Å². The van der Waals surface area contributed by atoms with Crippen LogP contribution in [0.1, 0.15) is 31.9 Å². The van der Waals surface area contributed by atoms with Crippen LogP contribution in [0.25, 0.3) is 0 Å². The van der Waals surface area contributed by atoms with Crippen LogP contribution in [-0.2, 0) is 0 Å². The smallest absolute Gasteiger partial charge is 0.319 e. The molecule has 126 valence electrons. The molecular weight excluding hydrogens is 392 g/mol. The average Bonchev–Trinajstić information content (AvgIpc) is 2.47. The molecule has 1 heterocycles. The maximum absolute atomic E-state index is 12.4. The van der Waals surface area contributed by atoms with Crippen molar-refractivity contribution in [3.05, 3.63) is 57.5 Å². The lowest BCUT2D eigenvalue weighted by Gasteiger charge is -2.38. The number of carbonyl (C=O) groups excluding carboxylic acids is 1. The Kier molecular flexibility index (Phi) is 4.74. The first-order chi connectivity index (χ1) is 11.3. The quantitative estimate of drug-likeness (QED) is 0.685. The molecule has 24 heavy (non-hydrogen) atoms. The van der Waals surface area contributed by atoms with Gasteiger partial charge in [0.05, 0.1) is 6.04 Å². The number of hydrogen-bond donors (Lipinski definition) is 2. The number of carbonyl (C=O) groups is 1. The third-order valence-corrected chi connectivity index (χ3v) is 4.55. The number of ether oxygens (including phenoxy) is 1. The van der Waals surface area contributed by atoms with Crippen LogP contribution in [0.2, 0.25) is 5.02 Å². The first-order valence-corrected chi connectivity index (χ1v) is 8.81. The fourth-order valence-electron chi connectivity index (χ4n) is 2.85. The largest absolute Gasteiger partial charge is 0.487 e. The number of hydrogen-bond acceptors (Lipinski definition) is 2. The van der Waals surface area contributed by atoms with Gasteiger partial charge in [0.1, 0.15) is 11.4 Å². The number of halogens is 2. The van der Waals surface area contributed by atoms with Crippen molar-refractivity contribution in [1.82, 2.24) is 5.32 Å². The molecule has 4 nitrogen and oxygen atoms in total. The standard InChI is InChI=1S/C18H18BrClN2O2/c1-18(2)10-15(14-8-11(19)6-7-16(14)24-18)22-17(23)21-13-5-3-4-12(20)9-13/h3-9,15H,10H2,1-2H3,(H2,21,22,23)/t15-/m1/s1. The van der Waals surface area contributed by atoms with E-state index in [-0.39, 0.29) is 17.7 Å². The summed E-state index contributed by atoms with van der Waals surface area (Å²) in [6, 6.07) is 12.5. The van der Waals surface area contributed by atoms with E-state index in [4.69, 9.17) is 16.3 Å². The van der Waals surface area contributed by atoms with Crippen molar-refractivity contribution in [2.75, 3.05) is 5.32 Å². The summed E-state index contributed by atoms with van der Waals surface area (Å²) in [4.78, 5) is 12.4. The Balaban J connectivity index is 1.79. The van der Waals surface area contributed by atoms with Crippen molar-refractivity contribution < 1.29 is 9.53 Å². The number of anilines is 1. The normalized spacial score (nSPS) is 18.2. The molecule has 0 bridgehead atoms. The number of benzene rings is 2. The van der Waals surface area contributed by atoms with E-state index in [0.29, 0.717) is 17.1 Å². The Morgan fingerprint density at radius 1 is 1.29 bits per heavy atom. The molecule has 2 amide bonds. The molecule has 2 aromatic rings. The summed E-state index contributed by atoms with van der Waals surface area (Å²) in [7, 11) is 0. The molecule has 0 aromatic heterocycles. The highest BCUT2D eigenvalue weighted by Gasteiger charge is 2.34. The van der Waals surface area contributed by atoms with Crippen molar-refractivity contribution >= 4 is 39.2 Å². The first-order valence-electron chi connectivity index (χ1n) is 7.64. The highest BCUT2D eigenvalue weighted by Crippen LogP contribution is 2.40. The zero-order valence-electron chi connectivity index (χ0n) is 13.4. The third kappa shape index (κ3) is 4.02. The molecule has 2 aromatic carbocycles. The van der Waals surface area contributed by atoms with Crippen LogP contribution in [-0.4, -0.2) is 11.6 Å². The fourth-order valence-corrected chi connectivity index (χ4v) is 3.41. The van der Waals surface area contributed by atoms with Crippen molar-refractivity contribution in [3.63, 3.8) is 0 Å². The Hall–Kier alpha value is -1.72. The second-order valence-corrected chi connectivity index (χ2v) is 7.76. The number of urea groups is 1. The van der Waals surface area contributed by atoms with E-state index in [1.807, 2.05) is 32.0 Å². The molecule has 2 N–H and O–H groups in total. The summed E-state index contributed by atoms with van der Waals surface area (Å²) in [5, 5.41) is 6.43. The maximum Gasteiger partial charge on any atom is 0.319 e. The van der Waals surface area contributed by atoms with E-state index in [9.17, 15) is 4.79 Å². The highest BCUT2D eigenvalue weighted by molar-refractivity contribution is 9.10. The van der Waals surface area contributed by atoms with Gasteiger partial charge in [0.25, 0.3) is 0 Å². The zero-order valence-corrected chi connectivity index (χ0v) is 15.7. The summed E-state index contributed by atoms with van der Waals surface area (Å²) < 4.78 is 6.96. The maximum atomic E-state index is 12.4. The Bertz CT molecular complexity index is 779. The van der Waals surface area contributed by atoms with Crippen LogP contribution in [0.4, 0.5) is 10.5 Å².